The van der Waals surface area contributed by atoms with Gasteiger partial charge in [0.1, 0.15) is 5.75 Å². The normalized spacial score (nSPS) is 18.0. The molecule has 1 heterocycles. The number of ether oxygens (including phenoxy) is 1. The average molecular weight is 313 g/mol. The zero-order chi connectivity index (χ0) is 15.2. The quantitative estimate of drug-likeness (QED) is 0.817. The Morgan fingerprint density at radius 3 is 2.29 bits per heavy atom. The lowest BCUT2D eigenvalue weighted by Gasteiger charge is -2.36. The lowest BCUT2D eigenvalue weighted by Crippen LogP contribution is -2.48. The second kappa shape index (κ2) is 7.87. The van der Waals surface area contributed by atoms with Crippen molar-refractivity contribution in [3.05, 3.63) is 24.3 Å². The Hall–Kier alpha value is -0.970. The minimum Gasteiger partial charge on any atom is -0.491 e. The molecular formula is C16H25ClN2O2. The molecular weight excluding hydrogens is 288 g/mol. The molecule has 0 bridgehead atoms. The highest BCUT2D eigenvalue weighted by Gasteiger charge is 2.19. The zero-order valence-corrected chi connectivity index (χ0v) is 13.6. The van der Waals surface area contributed by atoms with E-state index in [4.69, 9.17) is 16.3 Å². The van der Waals surface area contributed by atoms with Gasteiger partial charge in [0, 0.05) is 44.3 Å². The molecule has 21 heavy (non-hydrogen) atoms. The lowest BCUT2D eigenvalue weighted by molar-refractivity contribution is 0.125. The number of aliphatic hydroxyl groups is 1. The largest absolute Gasteiger partial charge is 0.491 e. The molecule has 0 aromatic heterocycles. The first-order valence-electron chi connectivity index (χ1n) is 7.56. The summed E-state index contributed by atoms with van der Waals surface area (Å²) < 4.78 is 5.66. The molecule has 2 rings (SSSR count). The van der Waals surface area contributed by atoms with Crippen molar-refractivity contribution in [1.82, 2.24) is 4.90 Å². The van der Waals surface area contributed by atoms with Crippen molar-refractivity contribution >= 4 is 17.3 Å². The third-order valence-corrected chi connectivity index (χ3v) is 3.95. The van der Waals surface area contributed by atoms with Crippen LogP contribution in [0.2, 0.25) is 0 Å². The number of nitrogens with zero attached hydrogens (tertiary/aromatic N) is 2. The Morgan fingerprint density at radius 1 is 1.14 bits per heavy atom. The monoisotopic (exact) mass is 312 g/mol. The maximum absolute atomic E-state index is 9.59. The molecule has 0 saturated carbocycles. The fraction of sp³-hybridized carbons (Fsp3) is 0.625. The fourth-order valence-corrected chi connectivity index (χ4v) is 2.64. The third-order valence-electron chi connectivity index (χ3n) is 3.59. The summed E-state index contributed by atoms with van der Waals surface area (Å²) in [5.74, 6) is 1.22. The van der Waals surface area contributed by atoms with Crippen LogP contribution >= 0.6 is 11.6 Å². The Balaban J connectivity index is 1.84. The van der Waals surface area contributed by atoms with Crippen LogP contribution in [0.3, 0.4) is 0 Å². The van der Waals surface area contributed by atoms with Gasteiger partial charge < -0.3 is 14.7 Å². The number of rotatable bonds is 6. The van der Waals surface area contributed by atoms with E-state index < -0.39 is 6.10 Å². The molecule has 0 aliphatic carbocycles. The molecule has 118 valence electrons. The maximum Gasteiger partial charge on any atom is 0.119 e. The smallest absolute Gasteiger partial charge is 0.119 e. The van der Waals surface area contributed by atoms with Crippen LogP contribution in [-0.2, 0) is 0 Å². The first-order valence-corrected chi connectivity index (χ1v) is 8.10. The number of halogens is 1. The molecule has 1 aromatic rings. The van der Waals surface area contributed by atoms with Gasteiger partial charge in [0.05, 0.1) is 12.2 Å². The highest BCUT2D eigenvalue weighted by molar-refractivity contribution is 6.18. The van der Waals surface area contributed by atoms with Gasteiger partial charge in [0.25, 0.3) is 0 Å². The molecule has 1 atom stereocenters. The summed E-state index contributed by atoms with van der Waals surface area (Å²) in [5, 5.41) is 9.59. The summed E-state index contributed by atoms with van der Waals surface area (Å²) in [4.78, 5) is 4.63. The van der Waals surface area contributed by atoms with E-state index in [1.165, 1.54) is 5.69 Å². The molecule has 0 radical (unpaired) electrons. The van der Waals surface area contributed by atoms with E-state index in [-0.39, 0.29) is 6.10 Å². The van der Waals surface area contributed by atoms with E-state index in [9.17, 15) is 5.11 Å². The standard InChI is InChI=1S/C16H25ClN2O2/c1-13(2)21-16-5-3-14(4-6-16)19-9-7-18(8-10-19)12-15(20)11-17/h3-6,13,15,20H,7-12H2,1-2H3. The number of β-amino-alcohol motifs (C(OH)–C–C–N with tert-alkyl or cyclic N) is 1. The number of aliphatic hydroxyl groups excluding tert-OH is 1. The predicted octanol–water partition coefficient (Wildman–Crippen LogP) is 2.20. The molecule has 1 aromatic carbocycles. The van der Waals surface area contributed by atoms with E-state index in [1.54, 1.807) is 0 Å². The van der Waals surface area contributed by atoms with Crippen LogP contribution < -0.4 is 9.64 Å². The molecule has 1 fully saturated rings. The molecule has 4 nitrogen and oxygen atoms in total. The van der Waals surface area contributed by atoms with Crippen LogP contribution in [0.5, 0.6) is 5.75 Å². The van der Waals surface area contributed by atoms with Crippen molar-refractivity contribution in [2.75, 3.05) is 43.5 Å². The van der Waals surface area contributed by atoms with Crippen LogP contribution in [0.1, 0.15) is 13.8 Å². The van der Waals surface area contributed by atoms with Gasteiger partial charge >= 0.3 is 0 Å². The Labute approximate surface area is 132 Å². The van der Waals surface area contributed by atoms with Crippen molar-refractivity contribution in [3.8, 4) is 5.75 Å². The maximum atomic E-state index is 9.59. The van der Waals surface area contributed by atoms with E-state index in [0.717, 1.165) is 31.9 Å². The van der Waals surface area contributed by atoms with Gasteiger partial charge in [0.15, 0.2) is 0 Å². The van der Waals surface area contributed by atoms with Crippen LogP contribution in [0.25, 0.3) is 0 Å². The number of anilines is 1. The van der Waals surface area contributed by atoms with Crippen LogP contribution in [0.15, 0.2) is 24.3 Å². The first kappa shape index (κ1) is 16.4. The molecule has 1 aliphatic rings. The second-order valence-corrected chi connectivity index (χ2v) is 6.06. The molecule has 5 heteroatoms. The van der Waals surface area contributed by atoms with Gasteiger partial charge in [-0.1, -0.05) is 0 Å². The lowest BCUT2D eigenvalue weighted by atomic mass is 10.2. The highest BCUT2D eigenvalue weighted by atomic mass is 35.5. The summed E-state index contributed by atoms with van der Waals surface area (Å²) >= 11 is 5.65. The summed E-state index contributed by atoms with van der Waals surface area (Å²) in [6, 6.07) is 8.28. The molecule has 0 amide bonds. The summed E-state index contributed by atoms with van der Waals surface area (Å²) in [5.41, 5.74) is 1.23. The van der Waals surface area contributed by atoms with Crippen molar-refractivity contribution in [2.45, 2.75) is 26.1 Å². The van der Waals surface area contributed by atoms with Gasteiger partial charge in [-0.3, -0.25) is 4.90 Å². The zero-order valence-electron chi connectivity index (χ0n) is 12.8. The molecule has 1 saturated heterocycles. The Morgan fingerprint density at radius 2 is 1.76 bits per heavy atom. The van der Waals surface area contributed by atoms with E-state index in [0.29, 0.717) is 12.4 Å². The SMILES string of the molecule is CC(C)Oc1ccc(N2CCN(CC(O)CCl)CC2)cc1. The Bertz CT molecular complexity index is 417. The van der Waals surface area contributed by atoms with Crippen molar-refractivity contribution < 1.29 is 9.84 Å². The van der Waals surface area contributed by atoms with Crippen molar-refractivity contribution in [1.29, 1.82) is 0 Å². The Kier molecular flexibility index (Phi) is 6.15. The van der Waals surface area contributed by atoms with Gasteiger partial charge in [0.2, 0.25) is 0 Å². The number of hydrogen-bond acceptors (Lipinski definition) is 4. The average Bonchev–Trinajstić information content (AvgIpc) is 2.48. The van der Waals surface area contributed by atoms with Crippen LogP contribution in [0, 0.1) is 0 Å². The topological polar surface area (TPSA) is 35.9 Å². The number of benzene rings is 1. The number of hydrogen-bond donors (Lipinski definition) is 1. The third kappa shape index (κ3) is 5.06. The summed E-state index contributed by atoms with van der Waals surface area (Å²) in [6.07, 6.45) is -0.224. The number of piperazine rings is 1. The molecule has 0 spiro atoms. The highest BCUT2D eigenvalue weighted by Crippen LogP contribution is 2.21. The van der Waals surface area contributed by atoms with Gasteiger partial charge in [-0.05, 0) is 38.1 Å². The molecule has 1 unspecified atom stereocenters. The molecule has 1 N–H and O–H groups in total. The van der Waals surface area contributed by atoms with Crippen LogP contribution in [0.4, 0.5) is 5.69 Å². The van der Waals surface area contributed by atoms with Crippen LogP contribution in [-0.4, -0.2) is 60.8 Å². The van der Waals surface area contributed by atoms with Gasteiger partial charge in [-0.25, -0.2) is 0 Å². The number of alkyl halides is 1. The summed E-state index contributed by atoms with van der Waals surface area (Å²) in [6.45, 7) is 8.58. The minimum absolute atomic E-state index is 0.202. The van der Waals surface area contributed by atoms with E-state index >= 15 is 0 Å². The van der Waals surface area contributed by atoms with Crippen molar-refractivity contribution in [2.24, 2.45) is 0 Å². The second-order valence-electron chi connectivity index (χ2n) is 5.76. The van der Waals surface area contributed by atoms with Gasteiger partial charge in [-0.2, -0.15) is 0 Å². The van der Waals surface area contributed by atoms with Crippen molar-refractivity contribution in [3.63, 3.8) is 0 Å². The van der Waals surface area contributed by atoms with Gasteiger partial charge in [-0.15, -0.1) is 11.6 Å². The predicted molar refractivity (Wildman–Crippen MR) is 87.6 cm³/mol. The minimum atomic E-state index is -0.425. The first-order chi connectivity index (χ1) is 10.1. The fourth-order valence-electron chi connectivity index (χ4n) is 2.54. The molecule has 1 aliphatic heterocycles. The van der Waals surface area contributed by atoms with E-state index in [1.807, 2.05) is 26.0 Å². The van der Waals surface area contributed by atoms with E-state index in [2.05, 4.69) is 21.9 Å². The summed E-state index contributed by atoms with van der Waals surface area (Å²) in [7, 11) is 0.